The molecule has 0 radical (unpaired) electrons. The molecule has 2 aromatic rings. The van der Waals surface area contributed by atoms with Crippen molar-refractivity contribution >= 4 is 54.6 Å². The van der Waals surface area contributed by atoms with Gasteiger partial charge >= 0.3 is 0 Å². The Kier molecular flexibility index (Phi) is 4.44. The number of thiophene rings is 1. The van der Waals surface area contributed by atoms with Gasteiger partial charge in [0.05, 0.1) is 14.5 Å². The van der Waals surface area contributed by atoms with Crippen molar-refractivity contribution in [1.82, 2.24) is 0 Å². The van der Waals surface area contributed by atoms with Crippen LogP contribution in [-0.2, 0) is 10.0 Å². The van der Waals surface area contributed by atoms with Crippen molar-refractivity contribution in [3.63, 3.8) is 0 Å². The van der Waals surface area contributed by atoms with Crippen LogP contribution in [0.1, 0.15) is 11.1 Å². The third kappa shape index (κ3) is 3.16. The van der Waals surface area contributed by atoms with E-state index in [0.29, 0.717) is 15.5 Å². The lowest BCUT2D eigenvalue weighted by atomic mass is 10.2. The highest BCUT2D eigenvalue weighted by Gasteiger charge is 2.20. The van der Waals surface area contributed by atoms with Crippen LogP contribution in [0.4, 0.5) is 10.1 Å². The van der Waals surface area contributed by atoms with Crippen LogP contribution in [0.3, 0.4) is 0 Å². The van der Waals surface area contributed by atoms with E-state index in [1.165, 1.54) is 12.1 Å². The molecule has 0 amide bonds. The van der Waals surface area contributed by atoms with E-state index < -0.39 is 15.8 Å². The molecule has 0 aliphatic rings. The first-order valence-electron chi connectivity index (χ1n) is 5.45. The summed E-state index contributed by atoms with van der Waals surface area (Å²) in [5.74, 6) is -0.534. The first-order valence-corrected chi connectivity index (χ1v) is 8.92. The second kappa shape index (κ2) is 5.63. The molecule has 0 bridgehead atoms. The normalized spacial score (nSPS) is 11.7. The molecule has 2 rings (SSSR count). The molecule has 8 heteroatoms. The number of anilines is 1. The van der Waals surface area contributed by atoms with E-state index >= 15 is 0 Å². The van der Waals surface area contributed by atoms with Crippen molar-refractivity contribution in [2.24, 2.45) is 0 Å². The zero-order valence-corrected chi connectivity index (χ0v) is 14.5. The topological polar surface area (TPSA) is 46.2 Å². The third-order valence-corrected chi connectivity index (χ3v) is 6.61. The van der Waals surface area contributed by atoms with Gasteiger partial charge in [0.1, 0.15) is 10.0 Å². The number of halogens is 3. The van der Waals surface area contributed by atoms with Crippen molar-refractivity contribution in [3.8, 4) is 0 Å². The van der Waals surface area contributed by atoms with E-state index in [1.54, 1.807) is 13.8 Å². The quantitative estimate of drug-likeness (QED) is 0.813. The van der Waals surface area contributed by atoms with Crippen LogP contribution in [0.25, 0.3) is 0 Å². The summed E-state index contributed by atoms with van der Waals surface area (Å²) in [4.78, 5) is 0. The van der Waals surface area contributed by atoms with Gasteiger partial charge in [-0.25, -0.2) is 12.8 Å². The molecule has 1 heterocycles. The highest BCUT2D eigenvalue weighted by Crippen LogP contribution is 2.32. The van der Waals surface area contributed by atoms with Gasteiger partial charge in [0, 0.05) is 0 Å². The lowest BCUT2D eigenvalue weighted by Crippen LogP contribution is -2.12. The van der Waals surface area contributed by atoms with Gasteiger partial charge < -0.3 is 0 Å². The monoisotopic (exact) mass is 397 g/mol. The molecule has 0 saturated carbocycles. The van der Waals surface area contributed by atoms with Crippen LogP contribution < -0.4 is 4.72 Å². The van der Waals surface area contributed by atoms with Crippen LogP contribution in [-0.4, -0.2) is 8.42 Å². The van der Waals surface area contributed by atoms with Crippen molar-refractivity contribution in [3.05, 3.63) is 44.0 Å². The Labute approximate surface area is 134 Å². The minimum absolute atomic E-state index is 0.0997. The SMILES string of the molecule is Cc1cc(Br)c(F)cc1NS(=O)(=O)c1cc(C)c(Cl)s1. The van der Waals surface area contributed by atoms with E-state index in [2.05, 4.69) is 20.7 Å². The molecule has 0 aliphatic carbocycles. The summed E-state index contributed by atoms with van der Waals surface area (Å²) < 4.78 is 41.1. The Morgan fingerprint density at radius 2 is 1.90 bits per heavy atom. The standard InChI is InChI=1S/C12H10BrClFNO2S2/c1-6-3-8(13)9(15)5-10(6)16-20(17,18)11-4-7(2)12(14)19-11/h3-5,16H,1-2H3. The molecule has 20 heavy (non-hydrogen) atoms. The van der Waals surface area contributed by atoms with Gasteiger partial charge in [0.25, 0.3) is 10.0 Å². The second-order valence-corrected chi connectivity index (χ2v) is 8.63. The van der Waals surface area contributed by atoms with Crippen LogP contribution in [0.5, 0.6) is 0 Å². The summed E-state index contributed by atoms with van der Waals surface area (Å²) in [6.07, 6.45) is 0. The predicted molar refractivity (Wildman–Crippen MR) is 83.7 cm³/mol. The minimum Gasteiger partial charge on any atom is -0.279 e. The van der Waals surface area contributed by atoms with Crippen molar-refractivity contribution < 1.29 is 12.8 Å². The third-order valence-electron chi connectivity index (χ3n) is 2.61. The summed E-state index contributed by atoms with van der Waals surface area (Å²) in [6.45, 7) is 3.41. The molecular formula is C12H10BrClFNO2S2. The Morgan fingerprint density at radius 1 is 1.25 bits per heavy atom. The number of aryl methyl sites for hydroxylation is 2. The zero-order valence-electron chi connectivity index (χ0n) is 10.5. The van der Waals surface area contributed by atoms with Crippen molar-refractivity contribution in [2.45, 2.75) is 18.1 Å². The highest BCUT2D eigenvalue weighted by molar-refractivity contribution is 9.10. The first-order chi connectivity index (χ1) is 9.20. The summed E-state index contributed by atoms with van der Waals surface area (Å²) in [6, 6.07) is 4.14. The van der Waals surface area contributed by atoms with Crippen LogP contribution in [0.2, 0.25) is 4.34 Å². The lowest BCUT2D eigenvalue weighted by molar-refractivity contribution is 0.602. The summed E-state index contributed by atoms with van der Waals surface area (Å²) in [5.41, 5.74) is 1.50. The fraction of sp³-hybridized carbons (Fsp3) is 0.167. The average molecular weight is 399 g/mol. The molecule has 0 unspecified atom stereocenters. The van der Waals surface area contributed by atoms with Gasteiger partial charge in [-0.3, -0.25) is 4.72 Å². The van der Waals surface area contributed by atoms with E-state index in [-0.39, 0.29) is 14.4 Å². The molecule has 0 spiro atoms. The van der Waals surface area contributed by atoms with Gasteiger partial charge in [0.15, 0.2) is 0 Å². The molecule has 3 nitrogen and oxygen atoms in total. The van der Waals surface area contributed by atoms with Crippen molar-refractivity contribution in [1.29, 1.82) is 0 Å². The van der Waals surface area contributed by atoms with Gasteiger partial charge in [-0.2, -0.15) is 0 Å². The molecule has 108 valence electrons. The minimum atomic E-state index is -3.77. The maximum absolute atomic E-state index is 13.5. The fourth-order valence-electron chi connectivity index (χ4n) is 1.52. The van der Waals surface area contributed by atoms with Gasteiger partial charge in [-0.05, 0) is 59.1 Å². The Morgan fingerprint density at radius 3 is 2.45 bits per heavy atom. The number of benzene rings is 1. The smallest absolute Gasteiger partial charge is 0.271 e. The van der Waals surface area contributed by atoms with Crippen LogP contribution in [0, 0.1) is 19.7 Å². The number of sulfonamides is 1. The number of hydrogen-bond acceptors (Lipinski definition) is 3. The number of hydrogen-bond donors (Lipinski definition) is 1. The maximum Gasteiger partial charge on any atom is 0.271 e. The molecule has 0 aliphatic heterocycles. The summed E-state index contributed by atoms with van der Waals surface area (Å²) in [7, 11) is -3.77. The number of rotatable bonds is 3. The average Bonchev–Trinajstić information content (AvgIpc) is 2.67. The van der Waals surface area contributed by atoms with E-state index in [1.807, 2.05) is 0 Å². The predicted octanol–water partition coefficient (Wildman–Crippen LogP) is 4.72. The highest BCUT2D eigenvalue weighted by atomic mass is 79.9. The maximum atomic E-state index is 13.5. The van der Waals surface area contributed by atoms with E-state index in [4.69, 9.17) is 11.6 Å². The van der Waals surface area contributed by atoms with Gasteiger partial charge in [0.2, 0.25) is 0 Å². The van der Waals surface area contributed by atoms with E-state index in [0.717, 1.165) is 17.4 Å². The molecule has 0 fully saturated rings. The van der Waals surface area contributed by atoms with Crippen molar-refractivity contribution in [2.75, 3.05) is 4.72 Å². The molecule has 1 aromatic carbocycles. The molecule has 1 aromatic heterocycles. The molecule has 0 atom stereocenters. The summed E-state index contributed by atoms with van der Waals surface area (Å²) >= 11 is 9.89. The zero-order chi connectivity index (χ0) is 15.1. The Hall–Kier alpha value is -0.630. The number of nitrogens with one attached hydrogen (secondary N) is 1. The van der Waals surface area contributed by atoms with Crippen LogP contribution in [0.15, 0.2) is 26.9 Å². The largest absolute Gasteiger partial charge is 0.279 e. The van der Waals surface area contributed by atoms with Gasteiger partial charge in [-0.1, -0.05) is 11.6 Å². The molecular weight excluding hydrogens is 389 g/mol. The molecule has 1 N–H and O–H groups in total. The van der Waals surface area contributed by atoms with Gasteiger partial charge in [-0.15, -0.1) is 11.3 Å². The molecule has 0 saturated heterocycles. The first kappa shape index (κ1) is 15.8. The second-order valence-electron chi connectivity index (χ2n) is 4.21. The Balaban J connectivity index is 2.40. The lowest BCUT2D eigenvalue weighted by Gasteiger charge is -2.10. The van der Waals surface area contributed by atoms with Crippen LogP contribution >= 0.6 is 38.9 Å². The summed E-state index contributed by atoms with van der Waals surface area (Å²) in [5, 5.41) is 0. The fourth-order valence-corrected chi connectivity index (χ4v) is 4.80. The Bertz CT molecular complexity index is 755. The van der Waals surface area contributed by atoms with E-state index in [9.17, 15) is 12.8 Å².